The summed E-state index contributed by atoms with van der Waals surface area (Å²) in [6, 6.07) is 11.4. The molecular formula is C46H63ClN2O9. The molecule has 0 aromatic heterocycles. The van der Waals surface area contributed by atoms with Crippen LogP contribution in [0.2, 0.25) is 0 Å². The van der Waals surface area contributed by atoms with Gasteiger partial charge in [0.25, 0.3) is 0 Å². The molecule has 6 rings (SSSR count). The SMILES string of the molecule is C=CCOC12Oc3ccc(Oc4ccc(C)c(C)c4)cc3C3C(CCCCO)C(CCCCO)C=C(C(=NOC4CCCCO4)CC1N(CCC)C(=O)OCCCl)C32. The summed E-state index contributed by atoms with van der Waals surface area (Å²) in [6.45, 7) is 11.6. The molecule has 2 aromatic carbocycles. The van der Waals surface area contributed by atoms with E-state index in [0.717, 1.165) is 67.4 Å². The Labute approximate surface area is 349 Å². The average Bonchev–Trinajstić information content (AvgIpc) is 3.23. The Morgan fingerprint density at radius 2 is 1.83 bits per heavy atom. The van der Waals surface area contributed by atoms with Crippen LogP contribution in [-0.2, 0) is 19.0 Å². The molecule has 7 atom stereocenters. The number of aryl methyl sites for hydroxylation is 2. The van der Waals surface area contributed by atoms with Crippen LogP contribution in [0.15, 0.2) is 65.9 Å². The highest BCUT2D eigenvalue weighted by Gasteiger charge is 2.65. The maximum Gasteiger partial charge on any atom is 0.410 e. The second-order valence-corrected chi connectivity index (χ2v) is 16.4. The van der Waals surface area contributed by atoms with E-state index in [1.54, 1.807) is 11.0 Å². The van der Waals surface area contributed by atoms with Crippen LogP contribution in [-0.4, -0.2) is 90.5 Å². The van der Waals surface area contributed by atoms with E-state index in [1.807, 2.05) is 31.2 Å². The monoisotopic (exact) mass is 822 g/mol. The van der Waals surface area contributed by atoms with Gasteiger partial charge in [-0.15, -0.1) is 18.2 Å². The number of alkyl halides is 1. The van der Waals surface area contributed by atoms with Crippen LogP contribution in [0.1, 0.15) is 100 Å². The first kappa shape index (κ1) is 44.0. The number of halogens is 1. The molecule has 2 fully saturated rings. The van der Waals surface area contributed by atoms with E-state index in [4.69, 9.17) is 45.3 Å². The Morgan fingerprint density at radius 3 is 2.53 bits per heavy atom. The summed E-state index contributed by atoms with van der Waals surface area (Å²) in [5.41, 5.74) is 4.99. The summed E-state index contributed by atoms with van der Waals surface area (Å²) in [5, 5.41) is 24.7. The summed E-state index contributed by atoms with van der Waals surface area (Å²) in [4.78, 5) is 22.1. The van der Waals surface area contributed by atoms with Gasteiger partial charge in [-0.25, -0.2) is 4.79 Å². The van der Waals surface area contributed by atoms with Crippen LogP contribution in [0.5, 0.6) is 17.2 Å². The van der Waals surface area contributed by atoms with E-state index in [-0.39, 0.29) is 56.5 Å². The van der Waals surface area contributed by atoms with Gasteiger partial charge >= 0.3 is 6.09 Å². The molecule has 1 saturated carbocycles. The number of unbranched alkanes of at least 4 members (excludes halogenated alkanes) is 2. The molecule has 2 N–H and O–H groups in total. The Morgan fingerprint density at radius 1 is 1.05 bits per heavy atom. The molecule has 12 heteroatoms. The predicted octanol–water partition coefficient (Wildman–Crippen LogP) is 9.34. The van der Waals surface area contributed by atoms with Gasteiger partial charge in [0.05, 0.1) is 30.7 Å². The summed E-state index contributed by atoms with van der Waals surface area (Å²) in [5.74, 6) is 0.416. The molecule has 1 amide bonds. The van der Waals surface area contributed by atoms with Crippen molar-refractivity contribution in [1.82, 2.24) is 4.90 Å². The first-order chi connectivity index (χ1) is 28.3. The van der Waals surface area contributed by atoms with E-state index in [1.165, 1.54) is 5.56 Å². The number of rotatable bonds is 20. The number of carbonyl (C=O) groups is 1. The van der Waals surface area contributed by atoms with Crippen LogP contribution in [0.4, 0.5) is 4.79 Å². The van der Waals surface area contributed by atoms with Crippen molar-refractivity contribution in [2.75, 3.05) is 45.5 Å². The second-order valence-electron chi connectivity index (χ2n) is 16.0. The van der Waals surface area contributed by atoms with Crippen molar-refractivity contribution < 1.29 is 43.5 Å². The van der Waals surface area contributed by atoms with Crippen molar-refractivity contribution in [2.24, 2.45) is 22.9 Å². The highest BCUT2D eigenvalue weighted by atomic mass is 35.5. The van der Waals surface area contributed by atoms with E-state index in [9.17, 15) is 15.0 Å². The fourth-order valence-corrected chi connectivity index (χ4v) is 9.44. The third kappa shape index (κ3) is 9.87. The Hall–Kier alpha value is -3.61. The lowest BCUT2D eigenvalue weighted by Gasteiger charge is -2.60. The summed E-state index contributed by atoms with van der Waals surface area (Å²) in [6.07, 6.45) is 11.4. The fourth-order valence-electron chi connectivity index (χ4n) is 9.37. The van der Waals surface area contributed by atoms with Gasteiger partial charge < -0.3 is 38.7 Å². The smallest absolute Gasteiger partial charge is 0.410 e. The van der Waals surface area contributed by atoms with Crippen LogP contribution in [0.25, 0.3) is 0 Å². The third-order valence-corrected chi connectivity index (χ3v) is 12.3. The molecule has 0 spiro atoms. The summed E-state index contributed by atoms with van der Waals surface area (Å²) < 4.78 is 32.6. The second kappa shape index (κ2) is 21.1. The minimum absolute atomic E-state index is 0.0591. The quantitative estimate of drug-likeness (QED) is 0.0581. The molecule has 58 heavy (non-hydrogen) atoms. The predicted molar refractivity (Wildman–Crippen MR) is 225 cm³/mol. The number of oxime groups is 1. The van der Waals surface area contributed by atoms with Crippen molar-refractivity contribution in [2.45, 2.75) is 115 Å². The third-order valence-electron chi connectivity index (χ3n) is 12.2. The number of amides is 1. The van der Waals surface area contributed by atoms with E-state index in [2.05, 4.69) is 38.6 Å². The molecule has 4 aliphatic rings. The van der Waals surface area contributed by atoms with Gasteiger partial charge in [0.1, 0.15) is 29.9 Å². The fraction of sp³-hybridized carbons (Fsp3) is 0.609. The molecule has 2 aliphatic heterocycles. The number of hydrogen-bond donors (Lipinski definition) is 2. The number of hydrogen-bond acceptors (Lipinski definition) is 10. The summed E-state index contributed by atoms with van der Waals surface area (Å²) >= 11 is 6.03. The number of allylic oxidation sites excluding steroid dienone is 1. The lowest BCUT2D eigenvalue weighted by atomic mass is 9.55. The highest BCUT2D eigenvalue weighted by molar-refractivity contribution is 6.18. The largest absolute Gasteiger partial charge is 0.459 e. The van der Waals surface area contributed by atoms with E-state index < -0.39 is 30.1 Å². The van der Waals surface area contributed by atoms with Crippen LogP contribution < -0.4 is 9.47 Å². The zero-order valence-corrected chi connectivity index (χ0v) is 35.3. The molecule has 0 radical (unpaired) electrons. The minimum atomic E-state index is -1.38. The maximum absolute atomic E-state index is 14.1. The van der Waals surface area contributed by atoms with Crippen LogP contribution >= 0.6 is 11.6 Å². The lowest BCUT2D eigenvalue weighted by molar-refractivity contribution is -0.255. The average molecular weight is 823 g/mol. The molecular weight excluding hydrogens is 760 g/mol. The van der Waals surface area contributed by atoms with Crippen LogP contribution in [0, 0.1) is 31.6 Å². The van der Waals surface area contributed by atoms with Crippen molar-refractivity contribution in [3.63, 3.8) is 0 Å². The highest BCUT2D eigenvalue weighted by Crippen LogP contribution is 2.62. The number of nitrogens with zero attached hydrogens (tertiary/aromatic N) is 2. The first-order valence-electron chi connectivity index (χ1n) is 21.4. The van der Waals surface area contributed by atoms with E-state index >= 15 is 0 Å². The number of aliphatic hydroxyl groups excluding tert-OH is 2. The van der Waals surface area contributed by atoms with Gasteiger partial charge in [-0.1, -0.05) is 43.1 Å². The Balaban J connectivity index is 1.57. The zero-order valence-electron chi connectivity index (χ0n) is 34.5. The van der Waals surface area contributed by atoms with Gasteiger partial charge in [-0.3, -0.25) is 4.90 Å². The molecule has 11 nitrogen and oxygen atoms in total. The number of ether oxygens (including phenoxy) is 5. The number of aliphatic hydroxyl groups is 2. The number of benzene rings is 2. The van der Waals surface area contributed by atoms with Gasteiger partial charge in [0.2, 0.25) is 12.1 Å². The van der Waals surface area contributed by atoms with Gasteiger partial charge in [-0.2, -0.15) is 0 Å². The lowest BCUT2D eigenvalue weighted by Crippen LogP contribution is -2.70. The van der Waals surface area contributed by atoms with E-state index in [0.29, 0.717) is 49.6 Å². The van der Waals surface area contributed by atoms with Crippen LogP contribution in [0.3, 0.4) is 0 Å². The number of fused-ring (bicyclic) bond motifs is 2. The van der Waals surface area contributed by atoms with Gasteiger partial charge in [0.15, 0.2) is 0 Å². The van der Waals surface area contributed by atoms with Crippen molar-refractivity contribution in [1.29, 1.82) is 0 Å². The standard InChI is InChI=1S/C46H63ClN2O9/c1-5-21-49(45(52)54-26-20-47)41-30-39(48-58-42-15-9-12-25-53-42)37-28-33(13-7-10-22-50)36(14-8-11-23-51)43-38-29-35(56-34-17-16-31(3)32(4)27-34)18-19-40(38)57-46(41,44(37)43)55-24-6-2/h6,16-19,27-29,33,36,41-44,50-51H,2,5,7-15,20-26,30H2,1,3-4H3. The van der Waals surface area contributed by atoms with Gasteiger partial charge in [-0.05, 0) is 118 Å². The van der Waals surface area contributed by atoms with Gasteiger partial charge in [0, 0.05) is 44.1 Å². The molecule has 2 aliphatic carbocycles. The molecule has 2 heterocycles. The topological polar surface area (TPSA) is 129 Å². The van der Waals surface area contributed by atoms with Crippen molar-refractivity contribution >= 4 is 23.4 Å². The maximum atomic E-state index is 14.1. The molecule has 318 valence electrons. The van der Waals surface area contributed by atoms with Crippen molar-refractivity contribution in [3.8, 4) is 17.2 Å². The normalized spacial score (nSPS) is 26.8. The first-order valence-corrected chi connectivity index (χ1v) is 21.9. The summed E-state index contributed by atoms with van der Waals surface area (Å²) in [7, 11) is 0. The Kier molecular flexibility index (Phi) is 16.0. The molecule has 0 bridgehead atoms. The van der Waals surface area contributed by atoms with Crippen molar-refractivity contribution in [3.05, 3.63) is 77.4 Å². The Bertz CT molecular complexity index is 1750. The minimum Gasteiger partial charge on any atom is -0.459 e. The molecule has 7 unspecified atom stereocenters. The number of carbonyl (C=O) groups excluding carboxylic acids is 1. The zero-order chi connectivity index (χ0) is 41.1. The molecule has 2 aromatic rings. The molecule has 1 saturated heterocycles.